The number of hydrogen-bond acceptors (Lipinski definition) is 3. The van der Waals surface area contributed by atoms with Gasteiger partial charge >= 0.3 is 0 Å². The second kappa shape index (κ2) is 8.43. The summed E-state index contributed by atoms with van der Waals surface area (Å²) in [5, 5.41) is 3.46. The van der Waals surface area contributed by atoms with Gasteiger partial charge < -0.3 is 15.0 Å². The Bertz CT molecular complexity index is 631. The molecule has 1 atom stereocenters. The van der Waals surface area contributed by atoms with E-state index in [9.17, 15) is 4.39 Å². The fraction of sp³-hybridized carbons (Fsp3) is 0.333. The fourth-order valence-electron chi connectivity index (χ4n) is 2.51. The fourth-order valence-corrected chi connectivity index (χ4v) is 2.92. The number of halogens is 2. The smallest absolute Gasteiger partial charge is 0.123 e. The molecule has 5 heteroatoms. The van der Waals surface area contributed by atoms with Gasteiger partial charge in [0, 0.05) is 29.2 Å². The Hall–Kier alpha value is -1.43. The minimum absolute atomic E-state index is 0.175. The first-order valence-corrected chi connectivity index (χ1v) is 8.25. The molecule has 124 valence electrons. The molecule has 1 unspecified atom stereocenters. The lowest BCUT2D eigenvalue weighted by Gasteiger charge is -2.25. The molecule has 2 aromatic rings. The van der Waals surface area contributed by atoms with E-state index in [1.54, 1.807) is 7.11 Å². The van der Waals surface area contributed by atoms with Crippen LogP contribution in [-0.4, -0.2) is 32.6 Å². The van der Waals surface area contributed by atoms with Crippen molar-refractivity contribution in [3.05, 3.63) is 63.9 Å². The Kier molecular flexibility index (Phi) is 6.57. The third-order valence-electron chi connectivity index (χ3n) is 3.77. The lowest BCUT2D eigenvalue weighted by atomic mass is 10.1. The van der Waals surface area contributed by atoms with Crippen molar-refractivity contribution in [1.29, 1.82) is 0 Å². The van der Waals surface area contributed by atoms with Crippen molar-refractivity contribution < 1.29 is 9.13 Å². The first kappa shape index (κ1) is 17.9. The van der Waals surface area contributed by atoms with Gasteiger partial charge in [-0.1, -0.05) is 28.1 Å². The van der Waals surface area contributed by atoms with E-state index in [2.05, 4.69) is 26.1 Å². The molecule has 0 aliphatic heterocycles. The van der Waals surface area contributed by atoms with Crippen LogP contribution >= 0.6 is 15.9 Å². The topological polar surface area (TPSA) is 24.5 Å². The number of nitrogens with one attached hydrogen (secondary N) is 1. The van der Waals surface area contributed by atoms with Gasteiger partial charge in [-0.3, -0.25) is 0 Å². The van der Waals surface area contributed by atoms with Gasteiger partial charge in [0.05, 0.1) is 7.11 Å². The predicted octanol–water partition coefficient (Wildman–Crippen LogP) is 3.99. The van der Waals surface area contributed by atoms with E-state index in [-0.39, 0.29) is 11.9 Å². The van der Waals surface area contributed by atoms with Crippen LogP contribution in [0, 0.1) is 5.82 Å². The summed E-state index contributed by atoms with van der Waals surface area (Å²) in [4.78, 5) is 2.12. The van der Waals surface area contributed by atoms with Crippen molar-refractivity contribution in [1.82, 2.24) is 10.2 Å². The van der Waals surface area contributed by atoms with Crippen LogP contribution in [0.25, 0.3) is 0 Å². The van der Waals surface area contributed by atoms with Crippen LogP contribution in [0.4, 0.5) is 4.39 Å². The van der Waals surface area contributed by atoms with Crippen molar-refractivity contribution >= 4 is 15.9 Å². The van der Waals surface area contributed by atoms with Crippen molar-refractivity contribution in [2.75, 3.05) is 27.7 Å². The summed E-state index contributed by atoms with van der Waals surface area (Å²) in [7, 11) is 5.72. The van der Waals surface area contributed by atoms with Gasteiger partial charge in [-0.15, -0.1) is 0 Å². The first-order chi connectivity index (χ1) is 11.0. The molecule has 0 aliphatic carbocycles. The Labute approximate surface area is 145 Å². The summed E-state index contributed by atoms with van der Waals surface area (Å²) in [6.45, 7) is 1.46. The molecule has 0 aliphatic rings. The third kappa shape index (κ3) is 5.03. The van der Waals surface area contributed by atoms with Crippen LogP contribution in [0.2, 0.25) is 0 Å². The van der Waals surface area contributed by atoms with Crippen molar-refractivity contribution in [3.8, 4) is 5.75 Å². The lowest BCUT2D eigenvalue weighted by molar-refractivity contribution is 0.287. The SMILES string of the molecule is COc1ccc(Br)cc1CNCC(c1ccc(F)cc1)N(C)C. The lowest BCUT2D eigenvalue weighted by Crippen LogP contribution is -2.30. The molecule has 1 N–H and O–H groups in total. The first-order valence-electron chi connectivity index (χ1n) is 7.46. The normalized spacial score (nSPS) is 12.4. The zero-order valence-corrected chi connectivity index (χ0v) is 15.2. The van der Waals surface area contributed by atoms with Crippen molar-refractivity contribution in [2.24, 2.45) is 0 Å². The Morgan fingerprint density at radius 1 is 1.17 bits per heavy atom. The van der Waals surface area contributed by atoms with Crippen LogP contribution in [0.5, 0.6) is 5.75 Å². The third-order valence-corrected chi connectivity index (χ3v) is 4.27. The Morgan fingerprint density at radius 2 is 1.87 bits per heavy atom. The number of rotatable bonds is 7. The number of likely N-dealkylation sites (N-methyl/N-ethyl adjacent to an activating group) is 1. The van der Waals surface area contributed by atoms with Crippen LogP contribution in [-0.2, 0) is 6.54 Å². The molecule has 2 aromatic carbocycles. The maximum atomic E-state index is 13.1. The highest BCUT2D eigenvalue weighted by atomic mass is 79.9. The molecule has 0 spiro atoms. The summed E-state index contributed by atoms with van der Waals surface area (Å²) in [5.74, 6) is 0.655. The summed E-state index contributed by atoms with van der Waals surface area (Å²) in [6, 6.07) is 12.8. The van der Waals surface area contributed by atoms with Crippen molar-refractivity contribution in [2.45, 2.75) is 12.6 Å². The highest BCUT2D eigenvalue weighted by molar-refractivity contribution is 9.10. The van der Waals surface area contributed by atoms with Gasteiger partial charge in [0.1, 0.15) is 11.6 Å². The molecule has 2 rings (SSSR count). The van der Waals surface area contributed by atoms with Gasteiger partial charge in [0.25, 0.3) is 0 Å². The van der Waals surface area contributed by atoms with Crippen molar-refractivity contribution in [3.63, 3.8) is 0 Å². The van der Waals surface area contributed by atoms with Crippen LogP contribution in [0.1, 0.15) is 17.2 Å². The highest BCUT2D eigenvalue weighted by Crippen LogP contribution is 2.23. The molecule has 0 aromatic heterocycles. The van der Waals surface area contributed by atoms with Gasteiger partial charge in [-0.25, -0.2) is 4.39 Å². The zero-order chi connectivity index (χ0) is 16.8. The standard InChI is InChI=1S/C18H22BrFN2O/c1-22(2)17(13-4-7-16(20)8-5-13)12-21-11-14-10-15(19)6-9-18(14)23-3/h4-10,17,21H,11-12H2,1-3H3. The van der Waals surface area contributed by atoms with E-state index < -0.39 is 0 Å². The predicted molar refractivity (Wildman–Crippen MR) is 95.2 cm³/mol. The maximum absolute atomic E-state index is 13.1. The van der Waals surface area contributed by atoms with E-state index in [4.69, 9.17) is 4.74 Å². The van der Waals surface area contributed by atoms with E-state index in [1.807, 2.05) is 44.4 Å². The van der Waals surface area contributed by atoms with E-state index in [0.29, 0.717) is 6.54 Å². The monoisotopic (exact) mass is 380 g/mol. The van der Waals surface area contributed by atoms with Gasteiger partial charge in [0.15, 0.2) is 0 Å². The number of methoxy groups -OCH3 is 1. The minimum Gasteiger partial charge on any atom is -0.496 e. The highest BCUT2D eigenvalue weighted by Gasteiger charge is 2.14. The van der Waals surface area contributed by atoms with Crippen LogP contribution < -0.4 is 10.1 Å². The number of nitrogens with zero attached hydrogens (tertiary/aromatic N) is 1. The molecule has 0 bridgehead atoms. The molecule has 0 radical (unpaired) electrons. The van der Waals surface area contributed by atoms with Gasteiger partial charge in [0.2, 0.25) is 0 Å². The molecule has 0 heterocycles. The molecular weight excluding hydrogens is 359 g/mol. The second-order valence-corrected chi connectivity index (χ2v) is 6.53. The molecule has 0 saturated heterocycles. The summed E-state index contributed by atoms with van der Waals surface area (Å²) in [6.07, 6.45) is 0. The molecule has 23 heavy (non-hydrogen) atoms. The maximum Gasteiger partial charge on any atom is 0.123 e. The number of benzene rings is 2. The van der Waals surface area contributed by atoms with E-state index in [1.165, 1.54) is 12.1 Å². The average molecular weight is 381 g/mol. The Balaban J connectivity index is 2.03. The summed E-state index contributed by atoms with van der Waals surface area (Å²) < 4.78 is 19.5. The largest absolute Gasteiger partial charge is 0.496 e. The zero-order valence-electron chi connectivity index (χ0n) is 13.6. The van der Waals surface area contributed by atoms with Gasteiger partial charge in [-0.2, -0.15) is 0 Å². The van der Waals surface area contributed by atoms with E-state index >= 15 is 0 Å². The Morgan fingerprint density at radius 3 is 2.48 bits per heavy atom. The van der Waals surface area contributed by atoms with Gasteiger partial charge in [-0.05, 0) is 50.0 Å². The quantitative estimate of drug-likeness (QED) is 0.785. The number of ether oxygens (including phenoxy) is 1. The summed E-state index contributed by atoms with van der Waals surface area (Å²) in [5.41, 5.74) is 2.18. The average Bonchev–Trinajstić information content (AvgIpc) is 2.52. The van der Waals surface area contributed by atoms with Crippen LogP contribution in [0.15, 0.2) is 46.9 Å². The molecule has 0 fully saturated rings. The molecule has 0 saturated carbocycles. The van der Waals surface area contributed by atoms with E-state index in [0.717, 1.165) is 27.9 Å². The molecule has 3 nitrogen and oxygen atoms in total. The minimum atomic E-state index is -0.210. The number of hydrogen-bond donors (Lipinski definition) is 1. The summed E-state index contributed by atoms with van der Waals surface area (Å²) >= 11 is 3.49. The molecule has 0 amide bonds. The second-order valence-electron chi connectivity index (χ2n) is 5.62. The molecular formula is C18H22BrFN2O. The van der Waals surface area contributed by atoms with Crippen LogP contribution in [0.3, 0.4) is 0 Å².